The van der Waals surface area contributed by atoms with Crippen molar-refractivity contribution in [2.24, 2.45) is 0 Å². The Morgan fingerprint density at radius 1 is 1.16 bits per heavy atom. The van der Waals surface area contributed by atoms with Crippen LogP contribution < -0.4 is 5.46 Å². The molecule has 0 N–H and O–H groups in total. The van der Waals surface area contributed by atoms with E-state index in [1.807, 2.05) is 33.8 Å². The molecule has 19 heavy (non-hydrogen) atoms. The van der Waals surface area contributed by atoms with Crippen LogP contribution in [0.2, 0.25) is 0 Å². The molecule has 2 heterocycles. The molecule has 3 nitrogen and oxygen atoms in total. The Labute approximate surface area is 113 Å². The minimum Gasteiger partial charge on any atom is -0.399 e. The third-order valence-corrected chi connectivity index (χ3v) is 4.36. The van der Waals surface area contributed by atoms with Gasteiger partial charge in [0, 0.05) is 11.6 Å². The summed E-state index contributed by atoms with van der Waals surface area (Å²) >= 11 is 0. The lowest BCUT2D eigenvalue weighted by Gasteiger charge is -2.32. The van der Waals surface area contributed by atoms with Gasteiger partial charge in [-0.15, -0.1) is 0 Å². The normalized spacial score (nSPS) is 24.8. The van der Waals surface area contributed by atoms with Crippen molar-refractivity contribution in [3.63, 3.8) is 0 Å². The molecular formula is C14H19BFNO2. The van der Waals surface area contributed by atoms with Crippen LogP contribution in [0.25, 0.3) is 0 Å². The zero-order valence-corrected chi connectivity index (χ0v) is 11.9. The average molecular weight is 263 g/mol. The summed E-state index contributed by atoms with van der Waals surface area (Å²) < 4.78 is 25.5. The minimum atomic E-state index is -0.514. The van der Waals surface area contributed by atoms with E-state index < -0.39 is 24.3 Å². The van der Waals surface area contributed by atoms with Crippen LogP contribution in [0.5, 0.6) is 0 Å². The molecule has 1 saturated heterocycles. The molecule has 0 atom stereocenters. The summed E-state index contributed by atoms with van der Waals surface area (Å²) in [6, 6.07) is 3.33. The lowest BCUT2D eigenvalue weighted by atomic mass is 9.79. The Kier molecular flexibility index (Phi) is 2.77. The van der Waals surface area contributed by atoms with E-state index in [0.717, 1.165) is 24.0 Å². The van der Waals surface area contributed by atoms with Crippen molar-refractivity contribution in [2.75, 3.05) is 0 Å². The molecule has 1 aliphatic heterocycles. The summed E-state index contributed by atoms with van der Waals surface area (Å²) in [4.78, 5) is 3.96. The van der Waals surface area contributed by atoms with E-state index in [4.69, 9.17) is 9.31 Å². The molecule has 0 bridgehead atoms. The molecule has 2 fully saturated rings. The first-order chi connectivity index (χ1) is 8.78. The van der Waals surface area contributed by atoms with E-state index in [-0.39, 0.29) is 0 Å². The topological polar surface area (TPSA) is 31.4 Å². The van der Waals surface area contributed by atoms with Gasteiger partial charge in [0.1, 0.15) is 0 Å². The van der Waals surface area contributed by atoms with Gasteiger partial charge in [-0.25, -0.2) is 4.98 Å². The van der Waals surface area contributed by atoms with Crippen molar-refractivity contribution in [1.82, 2.24) is 4.98 Å². The fourth-order valence-corrected chi connectivity index (χ4v) is 2.24. The maximum absolute atomic E-state index is 13.6. The second-order valence-corrected chi connectivity index (χ2v) is 6.51. The fourth-order valence-electron chi connectivity index (χ4n) is 2.24. The zero-order valence-electron chi connectivity index (χ0n) is 11.9. The molecule has 1 aromatic rings. The summed E-state index contributed by atoms with van der Waals surface area (Å²) in [6.45, 7) is 7.97. The van der Waals surface area contributed by atoms with Gasteiger partial charge in [-0.2, -0.15) is 4.39 Å². The van der Waals surface area contributed by atoms with Crippen molar-refractivity contribution >= 4 is 12.6 Å². The Balaban J connectivity index is 1.91. The van der Waals surface area contributed by atoms with Gasteiger partial charge in [-0.05, 0) is 58.1 Å². The van der Waals surface area contributed by atoms with Crippen LogP contribution in [0.1, 0.15) is 52.1 Å². The highest BCUT2D eigenvalue weighted by atomic mass is 19.1. The number of nitrogens with zero attached hydrogens (tertiary/aromatic N) is 1. The third kappa shape index (κ3) is 2.30. The molecule has 2 aliphatic rings. The largest absolute Gasteiger partial charge is 0.495 e. The lowest BCUT2D eigenvalue weighted by Crippen LogP contribution is -2.41. The first-order valence-corrected chi connectivity index (χ1v) is 6.81. The Bertz CT molecular complexity index is 498. The van der Waals surface area contributed by atoms with Crippen LogP contribution >= 0.6 is 0 Å². The molecular weight excluding hydrogens is 244 g/mol. The molecule has 0 spiro atoms. The summed E-state index contributed by atoms with van der Waals surface area (Å²) in [5.74, 6) is -0.0361. The highest BCUT2D eigenvalue weighted by molar-refractivity contribution is 6.62. The van der Waals surface area contributed by atoms with E-state index in [0.29, 0.717) is 5.92 Å². The molecule has 1 saturated carbocycles. The van der Waals surface area contributed by atoms with Crippen molar-refractivity contribution in [3.8, 4) is 0 Å². The van der Waals surface area contributed by atoms with E-state index in [1.165, 1.54) is 6.07 Å². The molecule has 3 rings (SSSR count). The monoisotopic (exact) mass is 263 g/mol. The molecule has 5 heteroatoms. The standard InChI is InChI=1S/C14H19BFNO2/c1-13(2)14(3,4)19-15(18-13)10-7-11(9-5-6-9)17-12(16)8-10/h7-9H,5-6H2,1-4H3. The predicted molar refractivity (Wildman–Crippen MR) is 71.9 cm³/mol. The van der Waals surface area contributed by atoms with Crippen LogP contribution in [0.15, 0.2) is 12.1 Å². The SMILES string of the molecule is CC1(C)OB(c2cc(F)nc(C3CC3)c2)OC1(C)C. The summed E-state index contributed by atoms with van der Waals surface area (Å²) in [5.41, 5.74) is 0.742. The second-order valence-electron chi connectivity index (χ2n) is 6.51. The minimum absolute atomic E-state index is 0.406. The number of hydrogen-bond donors (Lipinski definition) is 0. The van der Waals surface area contributed by atoms with Gasteiger partial charge in [0.25, 0.3) is 0 Å². The maximum Gasteiger partial charge on any atom is 0.495 e. The van der Waals surface area contributed by atoms with Crippen LogP contribution in [-0.4, -0.2) is 23.3 Å². The summed E-state index contributed by atoms with van der Waals surface area (Å²) in [7, 11) is -0.514. The summed E-state index contributed by atoms with van der Waals surface area (Å²) in [6.07, 6.45) is 2.19. The van der Waals surface area contributed by atoms with Crippen LogP contribution in [0.3, 0.4) is 0 Å². The van der Waals surface area contributed by atoms with Gasteiger partial charge in [0.05, 0.1) is 11.2 Å². The fraction of sp³-hybridized carbons (Fsp3) is 0.643. The summed E-state index contributed by atoms with van der Waals surface area (Å²) in [5, 5.41) is 0. The van der Waals surface area contributed by atoms with Crippen molar-refractivity contribution in [1.29, 1.82) is 0 Å². The van der Waals surface area contributed by atoms with Gasteiger partial charge in [-0.3, -0.25) is 0 Å². The zero-order chi connectivity index (χ0) is 13.8. The Morgan fingerprint density at radius 2 is 1.74 bits per heavy atom. The van der Waals surface area contributed by atoms with E-state index in [2.05, 4.69) is 4.98 Å². The van der Waals surface area contributed by atoms with Crippen molar-refractivity contribution in [3.05, 3.63) is 23.8 Å². The van der Waals surface area contributed by atoms with Gasteiger partial charge < -0.3 is 9.31 Å². The second kappa shape index (κ2) is 4.03. The lowest BCUT2D eigenvalue weighted by molar-refractivity contribution is 0.00578. The van der Waals surface area contributed by atoms with Gasteiger partial charge in [0.2, 0.25) is 5.95 Å². The first-order valence-electron chi connectivity index (χ1n) is 6.81. The molecule has 0 radical (unpaired) electrons. The average Bonchev–Trinajstić information content (AvgIpc) is 3.06. The van der Waals surface area contributed by atoms with E-state index >= 15 is 0 Å². The third-order valence-electron chi connectivity index (χ3n) is 4.36. The van der Waals surface area contributed by atoms with Crippen LogP contribution in [-0.2, 0) is 9.31 Å². The Hall–Kier alpha value is -0.935. The van der Waals surface area contributed by atoms with E-state index in [1.54, 1.807) is 0 Å². The van der Waals surface area contributed by atoms with E-state index in [9.17, 15) is 4.39 Å². The molecule has 1 aromatic heterocycles. The maximum atomic E-state index is 13.6. The smallest absolute Gasteiger partial charge is 0.399 e. The van der Waals surface area contributed by atoms with Gasteiger partial charge in [0.15, 0.2) is 0 Å². The van der Waals surface area contributed by atoms with Crippen molar-refractivity contribution < 1.29 is 13.7 Å². The number of pyridine rings is 1. The number of hydrogen-bond acceptors (Lipinski definition) is 3. The molecule has 0 amide bonds. The van der Waals surface area contributed by atoms with Gasteiger partial charge >= 0.3 is 7.12 Å². The molecule has 1 aliphatic carbocycles. The number of aromatic nitrogens is 1. The highest BCUT2D eigenvalue weighted by Gasteiger charge is 2.52. The highest BCUT2D eigenvalue weighted by Crippen LogP contribution is 2.39. The number of rotatable bonds is 2. The van der Waals surface area contributed by atoms with Crippen LogP contribution in [0, 0.1) is 5.95 Å². The van der Waals surface area contributed by atoms with Crippen LogP contribution in [0.4, 0.5) is 4.39 Å². The van der Waals surface area contributed by atoms with Gasteiger partial charge in [-0.1, -0.05) is 0 Å². The molecule has 0 aromatic carbocycles. The first kappa shape index (κ1) is 13.1. The molecule has 102 valence electrons. The quantitative estimate of drug-likeness (QED) is 0.606. The number of halogens is 1. The predicted octanol–water partition coefficient (Wildman–Crippen LogP) is 2.40. The van der Waals surface area contributed by atoms with Crippen molar-refractivity contribution in [2.45, 2.75) is 57.7 Å². The molecule has 0 unspecified atom stereocenters. The Morgan fingerprint density at radius 3 is 2.26 bits per heavy atom.